The number of fused-ring (bicyclic) bond motifs is 1. The van der Waals surface area contributed by atoms with Gasteiger partial charge in [-0.3, -0.25) is 9.69 Å². The summed E-state index contributed by atoms with van der Waals surface area (Å²) in [7, 11) is 0. The fourth-order valence-electron chi connectivity index (χ4n) is 1.65. The smallest absolute Gasteiger partial charge is 0.232 e. The topological polar surface area (TPSA) is 89.9 Å². The molecule has 2 rings (SSSR count). The van der Waals surface area contributed by atoms with E-state index in [9.17, 15) is 14.7 Å². The van der Waals surface area contributed by atoms with Gasteiger partial charge in [0.25, 0.3) is 0 Å². The molecule has 0 aromatic rings. The summed E-state index contributed by atoms with van der Waals surface area (Å²) in [6.07, 6.45) is 0.918. The van der Waals surface area contributed by atoms with Crippen molar-refractivity contribution < 1.29 is 24.5 Å². The summed E-state index contributed by atoms with van der Waals surface area (Å²) in [6.45, 7) is -0.326. The summed E-state index contributed by atoms with van der Waals surface area (Å²) >= 11 is 0. The van der Waals surface area contributed by atoms with Crippen LogP contribution in [0.4, 0.5) is 0 Å². The maximum atomic E-state index is 11.0. The van der Waals surface area contributed by atoms with Gasteiger partial charge in [-0.15, -0.1) is 0 Å². The van der Waals surface area contributed by atoms with Crippen molar-refractivity contribution >= 4 is 11.9 Å². The minimum Gasteiger partial charge on any atom is -0.547 e. The summed E-state index contributed by atoms with van der Waals surface area (Å²) in [5, 5.41) is 19.3. The molecule has 76 valence electrons. The highest BCUT2D eigenvalue weighted by Gasteiger charge is 2.50. The number of carboxylic acids is 1. The lowest BCUT2D eigenvalue weighted by atomic mass is 10.1. The Morgan fingerprint density at radius 3 is 3.00 bits per heavy atom. The van der Waals surface area contributed by atoms with Crippen LogP contribution in [-0.4, -0.2) is 40.8 Å². The second-order valence-corrected chi connectivity index (χ2v) is 3.09. The van der Waals surface area contributed by atoms with Gasteiger partial charge < -0.3 is 19.7 Å². The normalized spacial score (nSPS) is 32.5. The number of aliphatic hydroxyl groups is 1. The maximum absolute atomic E-state index is 11.0. The van der Waals surface area contributed by atoms with Crippen LogP contribution in [-0.2, 0) is 14.3 Å². The molecule has 0 bridgehead atoms. The van der Waals surface area contributed by atoms with Crippen molar-refractivity contribution in [1.29, 1.82) is 0 Å². The number of β-lactam (4-membered cyclic amide) rings is 1. The SMILES string of the molecule is O=C([O-])C1/C(=C/CO)OC2CC(=O)N21. The summed E-state index contributed by atoms with van der Waals surface area (Å²) in [6, 6.07) is -1.17. The van der Waals surface area contributed by atoms with Gasteiger partial charge in [0.05, 0.1) is 19.0 Å². The van der Waals surface area contributed by atoms with Gasteiger partial charge >= 0.3 is 0 Å². The highest BCUT2D eigenvalue weighted by molar-refractivity contribution is 5.90. The van der Waals surface area contributed by atoms with Gasteiger partial charge in [-0.2, -0.15) is 0 Å². The number of rotatable bonds is 2. The van der Waals surface area contributed by atoms with E-state index in [2.05, 4.69) is 0 Å². The van der Waals surface area contributed by atoms with Gasteiger partial charge in [0.2, 0.25) is 5.91 Å². The lowest BCUT2D eigenvalue weighted by molar-refractivity contribution is -0.310. The Kier molecular flexibility index (Phi) is 1.92. The number of carboxylic acid groups (broad SMARTS) is 1. The molecule has 0 radical (unpaired) electrons. The molecular weight excluding hydrogens is 190 g/mol. The predicted molar refractivity (Wildman–Crippen MR) is 40.3 cm³/mol. The zero-order valence-corrected chi connectivity index (χ0v) is 7.17. The van der Waals surface area contributed by atoms with Crippen molar-refractivity contribution in [3.63, 3.8) is 0 Å². The van der Waals surface area contributed by atoms with E-state index < -0.39 is 18.2 Å². The first-order chi connectivity index (χ1) is 6.65. The summed E-state index contributed by atoms with van der Waals surface area (Å²) < 4.78 is 5.13. The van der Waals surface area contributed by atoms with Crippen LogP contribution in [0, 0.1) is 0 Å². The molecule has 6 heteroatoms. The van der Waals surface area contributed by atoms with Gasteiger partial charge in [-0.05, 0) is 6.08 Å². The molecule has 0 aliphatic carbocycles. The maximum Gasteiger partial charge on any atom is 0.232 e. The van der Waals surface area contributed by atoms with Crippen molar-refractivity contribution in [3.8, 4) is 0 Å². The van der Waals surface area contributed by atoms with Crippen molar-refractivity contribution in [2.24, 2.45) is 0 Å². The second-order valence-electron chi connectivity index (χ2n) is 3.09. The molecule has 2 aliphatic heterocycles. The molecular formula is C8H8NO5-. The first kappa shape index (κ1) is 9.01. The van der Waals surface area contributed by atoms with Crippen LogP contribution in [0.25, 0.3) is 0 Å². The number of ether oxygens (including phenoxy) is 1. The van der Waals surface area contributed by atoms with Crippen molar-refractivity contribution in [2.75, 3.05) is 6.61 Å². The van der Waals surface area contributed by atoms with Crippen LogP contribution in [0.3, 0.4) is 0 Å². The average molecular weight is 198 g/mol. The Hall–Kier alpha value is -1.56. The fraction of sp³-hybridized carbons (Fsp3) is 0.500. The van der Waals surface area contributed by atoms with Crippen LogP contribution in [0.15, 0.2) is 11.8 Å². The first-order valence-corrected chi connectivity index (χ1v) is 4.14. The van der Waals surface area contributed by atoms with E-state index in [0.717, 1.165) is 4.90 Å². The monoisotopic (exact) mass is 198 g/mol. The third kappa shape index (κ3) is 1.07. The van der Waals surface area contributed by atoms with Gasteiger partial charge in [0.1, 0.15) is 11.8 Å². The third-order valence-corrected chi connectivity index (χ3v) is 2.28. The fourth-order valence-corrected chi connectivity index (χ4v) is 1.65. The lowest BCUT2D eigenvalue weighted by Gasteiger charge is -2.35. The molecule has 0 aromatic heterocycles. The van der Waals surface area contributed by atoms with E-state index in [-0.39, 0.29) is 24.7 Å². The molecule has 2 unspecified atom stereocenters. The van der Waals surface area contributed by atoms with Crippen molar-refractivity contribution in [2.45, 2.75) is 18.7 Å². The molecule has 2 atom stereocenters. The van der Waals surface area contributed by atoms with Crippen molar-refractivity contribution in [1.82, 2.24) is 4.90 Å². The minimum absolute atomic E-state index is 0.0864. The van der Waals surface area contributed by atoms with Gasteiger partial charge in [-0.1, -0.05) is 0 Å². The Labute approximate surface area is 79.4 Å². The molecule has 1 N–H and O–H groups in total. The second kappa shape index (κ2) is 2.98. The molecule has 0 saturated carbocycles. The lowest BCUT2D eigenvalue weighted by Crippen LogP contribution is -2.57. The number of aliphatic hydroxyl groups excluding tert-OH is 1. The highest BCUT2D eigenvalue weighted by Crippen LogP contribution is 2.35. The molecule has 6 nitrogen and oxygen atoms in total. The van der Waals surface area contributed by atoms with E-state index in [1.165, 1.54) is 6.08 Å². The molecule has 0 spiro atoms. The molecule has 2 aliphatic rings. The Morgan fingerprint density at radius 2 is 2.50 bits per heavy atom. The molecule has 2 fully saturated rings. The van der Waals surface area contributed by atoms with E-state index in [1.807, 2.05) is 0 Å². The molecule has 1 amide bonds. The quantitative estimate of drug-likeness (QED) is 0.498. The van der Waals surface area contributed by atoms with Crippen LogP contribution >= 0.6 is 0 Å². The number of aliphatic carboxylic acids is 1. The number of hydrogen-bond acceptors (Lipinski definition) is 5. The zero-order chi connectivity index (χ0) is 10.3. The zero-order valence-electron chi connectivity index (χ0n) is 7.17. The number of nitrogens with zero attached hydrogens (tertiary/aromatic N) is 1. The highest BCUT2D eigenvalue weighted by atomic mass is 16.5. The number of hydrogen-bond donors (Lipinski definition) is 1. The van der Waals surface area contributed by atoms with Crippen LogP contribution in [0.5, 0.6) is 0 Å². The third-order valence-electron chi connectivity index (χ3n) is 2.28. The van der Waals surface area contributed by atoms with Crippen LogP contribution in [0.1, 0.15) is 6.42 Å². The van der Waals surface area contributed by atoms with Crippen LogP contribution in [0.2, 0.25) is 0 Å². The Balaban J connectivity index is 2.26. The van der Waals surface area contributed by atoms with Crippen molar-refractivity contribution in [3.05, 3.63) is 11.8 Å². The summed E-state index contributed by atoms with van der Waals surface area (Å²) in [5.74, 6) is -1.57. The predicted octanol–water partition coefficient (Wildman–Crippen LogP) is -2.43. The molecule has 2 saturated heterocycles. The molecule has 0 aromatic carbocycles. The minimum atomic E-state index is -1.39. The molecule has 14 heavy (non-hydrogen) atoms. The number of carbonyl (C=O) groups is 2. The van der Waals surface area contributed by atoms with E-state index in [1.54, 1.807) is 0 Å². The van der Waals surface area contributed by atoms with Crippen LogP contribution < -0.4 is 5.11 Å². The number of amides is 1. The van der Waals surface area contributed by atoms with E-state index in [4.69, 9.17) is 9.84 Å². The number of carbonyl (C=O) groups excluding carboxylic acids is 2. The molecule has 2 heterocycles. The Morgan fingerprint density at radius 1 is 1.79 bits per heavy atom. The summed E-state index contributed by atoms with van der Waals surface area (Å²) in [4.78, 5) is 22.9. The Bertz CT molecular complexity index is 324. The van der Waals surface area contributed by atoms with E-state index >= 15 is 0 Å². The standard InChI is InChI=1S/C8H9NO5/c10-2-1-4-7(8(12)13)9-5(11)3-6(9)14-4/h1,6-7,10H,2-3H2,(H,12,13)/p-1/b4-1-. The summed E-state index contributed by atoms with van der Waals surface area (Å²) in [5.41, 5.74) is 0. The van der Waals surface area contributed by atoms with Gasteiger partial charge in [0, 0.05) is 0 Å². The first-order valence-electron chi connectivity index (χ1n) is 4.14. The van der Waals surface area contributed by atoms with Gasteiger partial charge in [-0.25, -0.2) is 0 Å². The van der Waals surface area contributed by atoms with E-state index in [0.29, 0.717) is 0 Å². The van der Waals surface area contributed by atoms with Gasteiger partial charge in [0.15, 0.2) is 6.23 Å². The average Bonchev–Trinajstić information content (AvgIpc) is 2.39. The largest absolute Gasteiger partial charge is 0.547 e.